The van der Waals surface area contributed by atoms with Gasteiger partial charge in [0.05, 0.1) is 0 Å². The van der Waals surface area contributed by atoms with Gasteiger partial charge < -0.3 is 21.8 Å². The maximum atomic E-state index is 3.25. The van der Waals surface area contributed by atoms with Crippen molar-refractivity contribution in [2.75, 3.05) is 0 Å². The summed E-state index contributed by atoms with van der Waals surface area (Å²) in [6, 6.07) is 0. The monoisotopic (exact) mass is 1000 g/mol. The average molecular weight is 1000 g/mol. The van der Waals surface area contributed by atoms with Crippen molar-refractivity contribution in [1.29, 1.82) is 0 Å². The van der Waals surface area contributed by atoms with Gasteiger partial charge in [0.2, 0.25) is 0 Å². The normalized spacial score (nSPS) is 4.67. The van der Waals surface area contributed by atoms with Crippen LogP contribution in [0.5, 0.6) is 0 Å². The summed E-state index contributed by atoms with van der Waals surface area (Å²) < 4.78 is 0. The Hall–Kier alpha value is 1.17. The second-order valence-corrected chi connectivity index (χ2v) is 9.19. The first kappa shape index (κ1) is 185. The molecule has 0 aromatic heterocycles. The van der Waals surface area contributed by atoms with Crippen LogP contribution in [0.2, 0.25) is 0 Å². The maximum absolute atomic E-state index is 3.25. The van der Waals surface area contributed by atoms with E-state index in [4.69, 9.17) is 0 Å². The topological polar surface area (TPSA) is 0 Å². The van der Waals surface area contributed by atoms with E-state index in [9.17, 15) is 0 Å². The molecule has 0 nitrogen and oxygen atoms in total. The summed E-state index contributed by atoms with van der Waals surface area (Å²) in [5.74, 6) is 0. The zero-order valence-corrected chi connectivity index (χ0v) is 60.6. The van der Waals surface area contributed by atoms with E-state index >= 15 is 0 Å². The maximum Gasteiger partial charge on any atom is 2.00 e. The molecule has 0 aromatic rings. The van der Waals surface area contributed by atoms with Crippen LogP contribution in [0.1, 0.15) is 395 Å². The van der Waals surface area contributed by atoms with E-state index in [1.807, 2.05) is 125 Å². The number of rotatable bonds is 0. The van der Waals surface area contributed by atoms with E-state index in [0.29, 0.717) is 0 Å². The summed E-state index contributed by atoms with van der Waals surface area (Å²) >= 11 is 0. The Balaban J connectivity index is -0.00000000860. The minimum absolute atomic E-state index is 0. The van der Waals surface area contributed by atoms with E-state index in [-0.39, 0.29) is 52.0 Å². The van der Waals surface area contributed by atoms with Gasteiger partial charge in [0.15, 0.2) is 0 Å². The van der Waals surface area contributed by atoms with Gasteiger partial charge in [0, 0.05) is 18.6 Å². The molecule has 0 spiro atoms. The molecular formula is C61H169V2-. The molecule has 2 heteroatoms. The fourth-order valence-electron chi connectivity index (χ4n) is 0. The zero-order chi connectivity index (χ0) is 55.2. The van der Waals surface area contributed by atoms with E-state index in [1.165, 1.54) is 83.5 Å². The Kier molecular flexibility index (Phi) is 3580. The molecule has 424 valence electrons. The molecule has 0 saturated heterocycles. The number of hydrogen-bond acceptors (Lipinski definition) is 0. The van der Waals surface area contributed by atoms with Crippen LogP contribution in [0.4, 0.5) is 0 Å². The van der Waals surface area contributed by atoms with E-state index in [1.54, 1.807) is 6.92 Å². The third-order valence-electron chi connectivity index (χ3n) is 0. The first-order valence-corrected chi connectivity index (χ1v) is 28.1. The smallest absolute Gasteiger partial charge is 0.358 e. The fraction of sp³-hybridized carbons (Fsp3) is 0.951. The molecule has 0 aliphatic carbocycles. The van der Waals surface area contributed by atoms with Crippen LogP contribution in [0.15, 0.2) is 0 Å². The first-order valence-electron chi connectivity index (χ1n) is 28.1. The predicted octanol–water partition coefficient (Wildman–Crippen LogP) is 29.4. The van der Waals surface area contributed by atoms with Crippen molar-refractivity contribution in [1.82, 2.24) is 0 Å². The fourth-order valence-corrected chi connectivity index (χ4v) is 0. The van der Waals surface area contributed by atoms with Crippen LogP contribution in [0, 0.1) is 21.8 Å². The van der Waals surface area contributed by atoms with Crippen LogP contribution in [-0.4, -0.2) is 0 Å². The molecule has 0 fully saturated rings. The summed E-state index contributed by atoms with van der Waals surface area (Å²) in [6.45, 7) is 96.2. The van der Waals surface area contributed by atoms with Gasteiger partial charge in [-0.1, -0.05) is 388 Å². The van der Waals surface area contributed by atoms with Crippen molar-refractivity contribution in [3.8, 4) is 0 Å². The van der Waals surface area contributed by atoms with E-state index in [2.05, 4.69) is 187 Å². The van der Waals surface area contributed by atoms with Gasteiger partial charge in [-0.2, -0.15) is 6.92 Å². The van der Waals surface area contributed by atoms with E-state index in [0.717, 1.165) is 0 Å². The first-order chi connectivity index (χ1) is 28.4. The van der Waals surface area contributed by atoms with Gasteiger partial charge in [-0.3, -0.25) is 0 Å². The molecule has 0 amide bonds. The van der Waals surface area contributed by atoms with Crippen molar-refractivity contribution in [3.05, 3.63) is 21.8 Å². The largest absolute Gasteiger partial charge is 2.00 e. The molecule has 0 rings (SSSR count). The average Bonchev–Trinajstić information content (AvgIpc) is 3.26. The molecule has 0 bridgehead atoms. The molecule has 0 heterocycles. The summed E-state index contributed by atoms with van der Waals surface area (Å²) in [4.78, 5) is 0. The van der Waals surface area contributed by atoms with Gasteiger partial charge in [0.25, 0.3) is 0 Å². The second-order valence-electron chi connectivity index (χ2n) is 9.19. The molecule has 0 N–H and O–H groups in total. The Morgan fingerprint density at radius 1 is 0.159 bits per heavy atom. The van der Waals surface area contributed by atoms with E-state index < -0.39 is 0 Å². The third-order valence-corrected chi connectivity index (χ3v) is 0. The molecule has 0 saturated carbocycles. The standard InChI is InChI=1S/13C3H8.9C2H6.C2H5.2CH3.2V/c13*1-3-2;10*1-2;;;;/h13*3H2,1-2H3;9*1-2H3;1H2,2H3;2*1H3;;/q;;;;;;;;;;;;;;;;;;;;;;3*-1;;+2. The molecular weight excluding hydrogens is 835 g/mol. The van der Waals surface area contributed by atoms with Crippen LogP contribution in [0.3, 0.4) is 0 Å². The van der Waals surface area contributed by atoms with Crippen LogP contribution in [-0.2, 0) is 37.1 Å². The molecule has 0 aliphatic rings. The predicted molar refractivity (Wildman–Crippen MR) is 334 cm³/mol. The Labute approximate surface area is 451 Å². The van der Waals surface area contributed by atoms with Gasteiger partial charge in [-0.15, -0.1) is 0 Å². The van der Waals surface area contributed by atoms with Gasteiger partial charge in [-0.05, 0) is 0 Å². The van der Waals surface area contributed by atoms with Crippen molar-refractivity contribution >= 4 is 0 Å². The summed E-state index contributed by atoms with van der Waals surface area (Å²) in [7, 11) is 0. The van der Waals surface area contributed by atoms with Gasteiger partial charge in [-0.25, -0.2) is 0 Å². The molecule has 63 heavy (non-hydrogen) atoms. The minimum atomic E-state index is 0. The molecule has 0 aliphatic heterocycles. The van der Waals surface area contributed by atoms with Crippen molar-refractivity contribution in [2.45, 2.75) is 395 Å². The Morgan fingerprint density at radius 3 is 0.159 bits per heavy atom. The quantitative estimate of drug-likeness (QED) is 0.212. The zero-order valence-electron chi connectivity index (χ0n) is 57.8. The van der Waals surface area contributed by atoms with Crippen LogP contribution >= 0.6 is 0 Å². The Morgan fingerprint density at radius 2 is 0.159 bits per heavy atom. The number of hydrogen-bond donors (Lipinski definition) is 0. The minimum Gasteiger partial charge on any atom is -0.358 e. The van der Waals surface area contributed by atoms with Crippen LogP contribution < -0.4 is 0 Å². The van der Waals surface area contributed by atoms with Crippen molar-refractivity contribution in [3.63, 3.8) is 0 Å². The molecule has 0 atom stereocenters. The second kappa shape index (κ2) is 1220. The van der Waals surface area contributed by atoms with Gasteiger partial charge >= 0.3 is 18.6 Å². The Bertz CT molecular complexity index is 60.9. The summed E-state index contributed by atoms with van der Waals surface area (Å²) in [5, 5.41) is 0. The molecule has 0 unspecified atom stereocenters. The van der Waals surface area contributed by atoms with Crippen molar-refractivity contribution < 1.29 is 37.1 Å². The summed E-state index contributed by atoms with van der Waals surface area (Å²) in [6.07, 6.45) is 16.2. The molecule has 0 aromatic carbocycles. The van der Waals surface area contributed by atoms with Crippen molar-refractivity contribution in [2.24, 2.45) is 0 Å². The SMILES string of the molecule is CC.CC.CC.CC.CC.CC.CC.CC.CC.CCC.CCC.CCC.CCC.CCC.CCC.CCC.CCC.CCC.CCC.CCC.CCC.CCC.[CH2-]C.[CH3-].[CH3-].[V+2].[V]. The summed E-state index contributed by atoms with van der Waals surface area (Å²) in [5.41, 5.74) is 0. The molecule has 2 radical (unpaired) electrons. The third kappa shape index (κ3) is 173000. The van der Waals surface area contributed by atoms with Gasteiger partial charge in [0.1, 0.15) is 0 Å². The van der Waals surface area contributed by atoms with Crippen LogP contribution in [0.25, 0.3) is 0 Å².